The summed E-state index contributed by atoms with van der Waals surface area (Å²) in [6, 6.07) is 72.3. The van der Waals surface area contributed by atoms with Crippen LogP contribution in [0, 0.1) is 0 Å². The van der Waals surface area contributed by atoms with Crippen LogP contribution in [-0.2, 0) is 0 Å². The van der Waals surface area contributed by atoms with Crippen molar-refractivity contribution in [1.82, 2.24) is 0 Å². The highest BCUT2D eigenvalue weighted by Gasteiger charge is 2.20. The summed E-state index contributed by atoms with van der Waals surface area (Å²) in [4.78, 5) is 2.40. The first-order chi connectivity index (χ1) is 27.2. The van der Waals surface area contributed by atoms with Gasteiger partial charge in [0.2, 0.25) is 0 Å². The zero-order chi connectivity index (χ0) is 36.3. The van der Waals surface area contributed by atoms with Crippen LogP contribution in [-0.4, -0.2) is 0 Å². The van der Waals surface area contributed by atoms with Gasteiger partial charge >= 0.3 is 0 Å². The molecule has 2 heterocycles. The fraction of sp³-hybridized carbons (Fsp3) is 0. The fourth-order valence-corrected chi connectivity index (χ4v) is 9.33. The maximum absolute atomic E-state index is 6.62. The van der Waals surface area contributed by atoms with Crippen LogP contribution >= 0.6 is 11.3 Å². The van der Waals surface area contributed by atoms with Gasteiger partial charge in [0.15, 0.2) is 0 Å². The van der Waals surface area contributed by atoms with Gasteiger partial charge in [-0.3, -0.25) is 0 Å². The maximum Gasteiger partial charge on any atom is 0.143 e. The summed E-state index contributed by atoms with van der Waals surface area (Å²) < 4.78 is 9.19. The minimum atomic E-state index is 0.899. The summed E-state index contributed by atoms with van der Waals surface area (Å²) in [5.41, 5.74) is 12.0. The number of thiophene rings is 1. The molecule has 0 N–H and O–H groups in total. The van der Waals surface area contributed by atoms with Gasteiger partial charge in [0.25, 0.3) is 0 Å². The third kappa shape index (κ3) is 5.40. The molecular formula is C52H33NOS. The van der Waals surface area contributed by atoms with Crippen molar-refractivity contribution in [2.24, 2.45) is 0 Å². The number of furan rings is 1. The summed E-state index contributed by atoms with van der Waals surface area (Å²) in [7, 11) is 0. The minimum Gasteiger partial charge on any atom is -0.455 e. The van der Waals surface area contributed by atoms with Crippen molar-refractivity contribution in [3.63, 3.8) is 0 Å². The number of hydrogen-bond acceptors (Lipinski definition) is 3. The first-order valence-corrected chi connectivity index (χ1v) is 19.5. The van der Waals surface area contributed by atoms with Crippen molar-refractivity contribution in [1.29, 1.82) is 0 Å². The van der Waals surface area contributed by atoms with Crippen molar-refractivity contribution >= 4 is 81.3 Å². The first kappa shape index (κ1) is 31.6. The minimum absolute atomic E-state index is 0.899. The molecule has 11 rings (SSSR count). The first-order valence-electron chi connectivity index (χ1n) is 18.7. The Morgan fingerprint density at radius 2 is 1.00 bits per heavy atom. The molecule has 9 aromatic carbocycles. The van der Waals surface area contributed by atoms with E-state index in [1.807, 2.05) is 17.4 Å². The van der Waals surface area contributed by atoms with Crippen molar-refractivity contribution in [2.45, 2.75) is 0 Å². The molecule has 258 valence electrons. The van der Waals surface area contributed by atoms with Gasteiger partial charge in [-0.2, -0.15) is 0 Å². The predicted molar refractivity (Wildman–Crippen MR) is 235 cm³/mol. The van der Waals surface area contributed by atoms with E-state index in [0.29, 0.717) is 0 Å². The van der Waals surface area contributed by atoms with E-state index in [4.69, 9.17) is 4.42 Å². The van der Waals surface area contributed by atoms with Crippen molar-refractivity contribution in [3.8, 4) is 33.4 Å². The second kappa shape index (κ2) is 12.9. The summed E-state index contributed by atoms with van der Waals surface area (Å²) in [5, 5.41) is 7.27. The lowest BCUT2D eigenvalue weighted by Gasteiger charge is -2.27. The van der Waals surface area contributed by atoms with E-state index < -0.39 is 0 Å². The van der Waals surface area contributed by atoms with E-state index in [0.717, 1.165) is 61.3 Å². The molecule has 2 aromatic heterocycles. The second-order valence-electron chi connectivity index (χ2n) is 14.1. The average molecular weight is 720 g/mol. The number of benzene rings is 9. The third-order valence-corrected chi connectivity index (χ3v) is 12.0. The average Bonchev–Trinajstić information content (AvgIpc) is 3.82. The normalized spacial score (nSPS) is 11.6. The summed E-state index contributed by atoms with van der Waals surface area (Å²) in [5.74, 6) is 0. The van der Waals surface area contributed by atoms with Gasteiger partial charge in [-0.1, -0.05) is 146 Å². The van der Waals surface area contributed by atoms with Gasteiger partial charge in [-0.25, -0.2) is 0 Å². The molecule has 0 amide bonds. The van der Waals surface area contributed by atoms with Crippen LogP contribution < -0.4 is 4.90 Å². The molecule has 0 bridgehead atoms. The van der Waals surface area contributed by atoms with Crippen LogP contribution in [0.4, 0.5) is 17.1 Å². The lowest BCUT2D eigenvalue weighted by Crippen LogP contribution is -2.10. The quantitative estimate of drug-likeness (QED) is 0.170. The van der Waals surface area contributed by atoms with Crippen molar-refractivity contribution in [3.05, 3.63) is 200 Å². The highest BCUT2D eigenvalue weighted by molar-refractivity contribution is 7.25. The van der Waals surface area contributed by atoms with Crippen LogP contribution in [0.1, 0.15) is 0 Å². The summed E-state index contributed by atoms with van der Waals surface area (Å²) >= 11 is 1.85. The Morgan fingerprint density at radius 3 is 1.89 bits per heavy atom. The molecule has 0 saturated heterocycles. The Hall–Kier alpha value is -6.94. The Morgan fingerprint density at radius 1 is 0.345 bits per heavy atom. The van der Waals surface area contributed by atoms with Crippen LogP contribution in [0.15, 0.2) is 205 Å². The van der Waals surface area contributed by atoms with Crippen molar-refractivity contribution < 1.29 is 4.42 Å². The van der Waals surface area contributed by atoms with Crippen LogP contribution in [0.2, 0.25) is 0 Å². The molecule has 0 atom stereocenters. The molecule has 3 heteroatoms. The zero-order valence-electron chi connectivity index (χ0n) is 29.8. The van der Waals surface area contributed by atoms with Gasteiger partial charge < -0.3 is 9.32 Å². The van der Waals surface area contributed by atoms with Crippen LogP contribution in [0.5, 0.6) is 0 Å². The van der Waals surface area contributed by atoms with Crippen molar-refractivity contribution in [2.75, 3.05) is 4.90 Å². The standard InChI is InChI=1S/C52H33NOS/c1-2-11-34(12-3-1)36-23-25-39(26-24-36)53(41-28-30-45-44-16-7-9-20-50(44)55-51(45)33-41)40-27-29-42(48(32-40)38-22-21-35-13-4-5-14-37(35)31-38)46-17-10-18-47-43-15-6-8-19-49(43)54-52(46)47/h1-33H. The molecule has 0 spiro atoms. The lowest BCUT2D eigenvalue weighted by atomic mass is 9.91. The van der Waals surface area contributed by atoms with E-state index in [1.165, 1.54) is 42.1 Å². The monoisotopic (exact) mass is 719 g/mol. The molecule has 0 radical (unpaired) electrons. The van der Waals surface area contributed by atoms with E-state index in [-0.39, 0.29) is 0 Å². The molecule has 0 unspecified atom stereocenters. The van der Waals surface area contributed by atoms with Gasteiger partial charge in [0.1, 0.15) is 11.2 Å². The van der Waals surface area contributed by atoms with E-state index >= 15 is 0 Å². The zero-order valence-corrected chi connectivity index (χ0v) is 30.6. The molecule has 0 fully saturated rings. The van der Waals surface area contributed by atoms with Gasteiger partial charge in [0, 0.05) is 53.6 Å². The molecule has 55 heavy (non-hydrogen) atoms. The molecule has 0 aliphatic heterocycles. The molecule has 0 aliphatic rings. The predicted octanol–water partition coefficient (Wildman–Crippen LogP) is 15.6. The largest absolute Gasteiger partial charge is 0.455 e. The highest BCUT2D eigenvalue weighted by atomic mass is 32.1. The smallest absolute Gasteiger partial charge is 0.143 e. The maximum atomic E-state index is 6.62. The van der Waals surface area contributed by atoms with E-state index in [2.05, 4.69) is 199 Å². The van der Waals surface area contributed by atoms with Gasteiger partial charge in [-0.15, -0.1) is 11.3 Å². The van der Waals surface area contributed by atoms with Gasteiger partial charge in [0.05, 0.1) is 0 Å². The number of rotatable bonds is 6. The topological polar surface area (TPSA) is 16.4 Å². The van der Waals surface area contributed by atoms with Crippen LogP contribution in [0.25, 0.3) is 86.3 Å². The third-order valence-electron chi connectivity index (χ3n) is 10.9. The molecular weight excluding hydrogens is 687 g/mol. The SMILES string of the molecule is c1ccc(-c2ccc(N(c3ccc(-c4cccc5c4oc4ccccc45)c(-c4ccc5ccccc5c4)c3)c3ccc4c(c3)sc3ccccc34)cc2)cc1. The number of nitrogens with zero attached hydrogens (tertiary/aromatic N) is 1. The molecule has 2 nitrogen and oxygen atoms in total. The lowest BCUT2D eigenvalue weighted by molar-refractivity contribution is 0.670. The number of hydrogen-bond donors (Lipinski definition) is 0. The molecule has 0 aliphatic carbocycles. The summed E-state index contributed by atoms with van der Waals surface area (Å²) in [6.45, 7) is 0. The number of fused-ring (bicyclic) bond motifs is 7. The Kier molecular flexibility index (Phi) is 7.39. The Bertz CT molecular complexity index is 3210. The van der Waals surface area contributed by atoms with E-state index in [1.54, 1.807) is 0 Å². The van der Waals surface area contributed by atoms with E-state index in [9.17, 15) is 0 Å². The Balaban J connectivity index is 1.14. The summed E-state index contributed by atoms with van der Waals surface area (Å²) in [6.07, 6.45) is 0. The molecule has 0 saturated carbocycles. The fourth-order valence-electron chi connectivity index (χ4n) is 8.20. The second-order valence-corrected chi connectivity index (χ2v) is 15.2. The van der Waals surface area contributed by atoms with Crippen LogP contribution in [0.3, 0.4) is 0 Å². The highest BCUT2D eigenvalue weighted by Crippen LogP contribution is 2.46. The molecule has 11 aromatic rings. The number of anilines is 3. The Labute approximate surface area is 322 Å². The van der Waals surface area contributed by atoms with Gasteiger partial charge in [-0.05, 0) is 93.2 Å². The number of para-hydroxylation sites is 2.